The van der Waals surface area contributed by atoms with Crippen molar-refractivity contribution in [3.8, 4) is 50.7 Å². The van der Waals surface area contributed by atoms with Gasteiger partial charge in [-0.2, -0.15) is 0 Å². The van der Waals surface area contributed by atoms with Gasteiger partial charge in [0.1, 0.15) is 5.52 Å². The van der Waals surface area contributed by atoms with Crippen molar-refractivity contribution in [3.05, 3.63) is 170 Å². The van der Waals surface area contributed by atoms with Crippen LogP contribution >= 0.6 is 0 Å². The maximum absolute atomic E-state index is 5.39. The van der Waals surface area contributed by atoms with Gasteiger partial charge < -0.3 is 4.57 Å². The zero-order valence-corrected chi connectivity index (χ0v) is 25.5. The van der Waals surface area contributed by atoms with Gasteiger partial charge in [-0.3, -0.25) is 0 Å². The fourth-order valence-corrected chi connectivity index (χ4v) is 6.60. The number of nitrogens with zero attached hydrogens (tertiary/aromatic N) is 4. The minimum absolute atomic E-state index is 0.766. The van der Waals surface area contributed by atoms with Crippen LogP contribution in [0.1, 0.15) is 0 Å². The van der Waals surface area contributed by atoms with E-state index in [-0.39, 0.29) is 0 Å². The molecule has 9 aromatic rings. The molecule has 0 radical (unpaired) electrons. The number of para-hydroxylation sites is 2. The zero-order chi connectivity index (χ0) is 31.2. The molecule has 0 N–H and O–H groups in total. The molecule has 0 atom stereocenters. The van der Waals surface area contributed by atoms with Gasteiger partial charge in [0.05, 0.1) is 39.3 Å². The summed E-state index contributed by atoms with van der Waals surface area (Å²) in [6.45, 7) is 0. The van der Waals surface area contributed by atoms with Gasteiger partial charge in [-0.25, -0.2) is 15.0 Å². The third-order valence-electron chi connectivity index (χ3n) is 8.77. The number of pyridine rings is 1. The zero-order valence-electron chi connectivity index (χ0n) is 25.5. The Morgan fingerprint density at radius 2 is 0.872 bits per heavy atom. The standard InChI is InChI=1S/C43H28N4/c1-4-15-29(16-5-1)36-28-37-43(46-41(31-19-8-3-9-20-31)40(45-37)30-17-6-2-7-18-30)42(44-36)32-21-14-22-33(27-32)47-38-25-12-10-23-34(38)35-24-11-13-26-39(35)47/h1-28H. The summed E-state index contributed by atoms with van der Waals surface area (Å²) in [4.78, 5) is 16.0. The maximum Gasteiger partial charge on any atom is 0.116 e. The first-order chi connectivity index (χ1) is 23.3. The Kier molecular flexibility index (Phi) is 6.43. The Bertz CT molecular complexity index is 2500. The smallest absolute Gasteiger partial charge is 0.116 e. The van der Waals surface area contributed by atoms with Crippen LogP contribution < -0.4 is 0 Å². The van der Waals surface area contributed by atoms with Crippen LogP contribution in [0.2, 0.25) is 0 Å². The summed E-state index contributed by atoms with van der Waals surface area (Å²) in [6, 6.07) is 58.8. The molecule has 9 rings (SSSR count). The van der Waals surface area contributed by atoms with Crippen molar-refractivity contribution in [3.63, 3.8) is 0 Å². The van der Waals surface area contributed by atoms with Crippen LogP contribution in [0.4, 0.5) is 0 Å². The molecule has 0 spiro atoms. The highest BCUT2D eigenvalue weighted by Gasteiger charge is 2.19. The molecule has 0 saturated carbocycles. The van der Waals surface area contributed by atoms with Crippen molar-refractivity contribution in [1.82, 2.24) is 19.5 Å². The number of benzene rings is 6. The van der Waals surface area contributed by atoms with Crippen LogP contribution in [0.3, 0.4) is 0 Å². The topological polar surface area (TPSA) is 43.6 Å². The predicted molar refractivity (Wildman–Crippen MR) is 193 cm³/mol. The maximum atomic E-state index is 5.39. The molecule has 6 aromatic carbocycles. The Morgan fingerprint density at radius 3 is 1.49 bits per heavy atom. The van der Waals surface area contributed by atoms with E-state index in [9.17, 15) is 0 Å². The molecule has 0 fully saturated rings. The second-order valence-corrected chi connectivity index (χ2v) is 11.7. The number of aromatic nitrogens is 4. The summed E-state index contributed by atoms with van der Waals surface area (Å²) in [5.41, 5.74) is 12.3. The first-order valence-corrected chi connectivity index (χ1v) is 15.8. The summed E-state index contributed by atoms with van der Waals surface area (Å²) in [5, 5.41) is 2.46. The molecule has 0 aliphatic rings. The first kappa shape index (κ1) is 27.0. The number of fused-ring (bicyclic) bond motifs is 4. The average molecular weight is 601 g/mol. The number of hydrogen-bond donors (Lipinski definition) is 0. The Balaban J connectivity index is 1.33. The van der Waals surface area contributed by atoms with Gasteiger partial charge in [0.2, 0.25) is 0 Å². The largest absolute Gasteiger partial charge is 0.309 e. The van der Waals surface area contributed by atoms with E-state index < -0.39 is 0 Å². The van der Waals surface area contributed by atoms with E-state index in [4.69, 9.17) is 15.0 Å². The Hall–Kier alpha value is -6.39. The quantitative estimate of drug-likeness (QED) is 0.197. The van der Waals surface area contributed by atoms with Crippen molar-refractivity contribution in [2.45, 2.75) is 0 Å². The molecule has 0 amide bonds. The summed E-state index contributed by atoms with van der Waals surface area (Å²) in [7, 11) is 0. The highest BCUT2D eigenvalue weighted by Crippen LogP contribution is 2.37. The van der Waals surface area contributed by atoms with Crippen LogP contribution in [0, 0.1) is 0 Å². The predicted octanol–water partition coefficient (Wildman–Crippen LogP) is 10.8. The molecule has 3 aromatic heterocycles. The molecule has 4 nitrogen and oxygen atoms in total. The lowest BCUT2D eigenvalue weighted by Crippen LogP contribution is -2.00. The molecule has 47 heavy (non-hydrogen) atoms. The third-order valence-corrected chi connectivity index (χ3v) is 8.77. The van der Waals surface area contributed by atoms with Crippen molar-refractivity contribution >= 4 is 32.8 Å². The van der Waals surface area contributed by atoms with E-state index in [0.29, 0.717) is 0 Å². The average Bonchev–Trinajstić information content (AvgIpc) is 3.49. The van der Waals surface area contributed by atoms with E-state index >= 15 is 0 Å². The molecule has 0 aliphatic carbocycles. The highest BCUT2D eigenvalue weighted by molar-refractivity contribution is 6.09. The molecule has 220 valence electrons. The van der Waals surface area contributed by atoms with Crippen molar-refractivity contribution in [2.24, 2.45) is 0 Å². The number of hydrogen-bond acceptors (Lipinski definition) is 3. The SMILES string of the molecule is c1ccc(-c2cc3nc(-c4ccccc4)c(-c4ccccc4)nc3c(-c3cccc(-n4c5ccccc5c5ccccc54)c3)n2)cc1. The van der Waals surface area contributed by atoms with Crippen LogP contribution in [0.15, 0.2) is 170 Å². The van der Waals surface area contributed by atoms with Crippen LogP contribution in [-0.4, -0.2) is 19.5 Å². The van der Waals surface area contributed by atoms with Crippen molar-refractivity contribution in [1.29, 1.82) is 0 Å². The third kappa shape index (κ3) is 4.66. The molecule has 0 aliphatic heterocycles. The lowest BCUT2D eigenvalue weighted by molar-refractivity contribution is 1.18. The van der Waals surface area contributed by atoms with Crippen LogP contribution in [-0.2, 0) is 0 Å². The fraction of sp³-hybridized carbons (Fsp3) is 0. The molecular formula is C43H28N4. The molecule has 0 bridgehead atoms. The van der Waals surface area contributed by atoms with E-state index in [1.807, 2.05) is 54.6 Å². The molecule has 4 heteroatoms. The second-order valence-electron chi connectivity index (χ2n) is 11.7. The summed E-state index contributed by atoms with van der Waals surface area (Å²) in [6.07, 6.45) is 0. The second kappa shape index (κ2) is 11.2. The van der Waals surface area contributed by atoms with E-state index in [0.717, 1.165) is 61.8 Å². The summed E-state index contributed by atoms with van der Waals surface area (Å²) >= 11 is 0. The van der Waals surface area contributed by atoms with E-state index in [1.54, 1.807) is 0 Å². The van der Waals surface area contributed by atoms with Gasteiger partial charge in [-0.05, 0) is 30.3 Å². The molecule has 0 unspecified atom stereocenters. The monoisotopic (exact) mass is 600 g/mol. The van der Waals surface area contributed by atoms with Gasteiger partial charge >= 0.3 is 0 Å². The van der Waals surface area contributed by atoms with Gasteiger partial charge in [-0.1, -0.05) is 140 Å². The Morgan fingerprint density at radius 1 is 0.362 bits per heavy atom. The van der Waals surface area contributed by atoms with Gasteiger partial charge in [0, 0.05) is 38.7 Å². The van der Waals surface area contributed by atoms with E-state index in [1.165, 1.54) is 21.8 Å². The minimum Gasteiger partial charge on any atom is -0.309 e. The van der Waals surface area contributed by atoms with Crippen LogP contribution in [0.5, 0.6) is 0 Å². The van der Waals surface area contributed by atoms with Crippen molar-refractivity contribution < 1.29 is 0 Å². The lowest BCUT2D eigenvalue weighted by atomic mass is 10.0. The van der Waals surface area contributed by atoms with E-state index in [2.05, 4.69) is 120 Å². The molecule has 3 heterocycles. The minimum atomic E-state index is 0.766. The summed E-state index contributed by atoms with van der Waals surface area (Å²) in [5.74, 6) is 0. The lowest BCUT2D eigenvalue weighted by Gasteiger charge is -2.15. The molecular weight excluding hydrogens is 573 g/mol. The summed E-state index contributed by atoms with van der Waals surface area (Å²) < 4.78 is 2.34. The van der Waals surface area contributed by atoms with Gasteiger partial charge in [0.25, 0.3) is 0 Å². The van der Waals surface area contributed by atoms with Crippen molar-refractivity contribution in [2.75, 3.05) is 0 Å². The fourth-order valence-electron chi connectivity index (χ4n) is 6.60. The van der Waals surface area contributed by atoms with Crippen LogP contribution in [0.25, 0.3) is 83.6 Å². The number of rotatable bonds is 5. The highest BCUT2D eigenvalue weighted by atomic mass is 15.0. The van der Waals surface area contributed by atoms with Gasteiger partial charge in [0.15, 0.2) is 0 Å². The van der Waals surface area contributed by atoms with Gasteiger partial charge in [-0.15, -0.1) is 0 Å². The Labute approximate surface area is 272 Å². The normalized spacial score (nSPS) is 11.4. The molecule has 0 saturated heterocycles. The first-order valence-electron chi connectivity index (χ1n) is 15.8.